The lowest BCUT2D eigenvalue weighted by Crippen LogP contribution is -2.28. The van der Waals surface area contributed by atoms with E-state index in [1.807, 2.05) is 38.1 Å². The van der Waals surface area contributed by atoms with Gasteiger partial charge in [-0.15, -0.1) is 0 Å². The number of sulfonamides is 1. The van der Waals surface area contributed by atoms with Gasteiger partial charge in [0, 0.05) is 12.6 Å². The van der Waals surface area contributed by atoms with Crippen molar-refractivity contribution >= 4 is 21.6 Å². The van der Waals surface area contributed by atoms with E-state index < -0.39 is 10.0 Å². The van der Waals surface area contributed by atoms with Crippen LogP contribution in [-0.2, 0) is 10.0 Å². The third-order valence-electron chi connectivity index (χ3n) is 5.25. The van der Waals surface area contributed by atoms with Crippen molar-refractivity contribution in [2.75, 3.05) is 25.1 Å². The lowest BCUT2D eigenvalue weighted by atomic mass is 10.1. The minimum absolute atomic E-state index is 0.150. The largest absolute Gasteiger partial charge is 0.497 e. The van der Waals surface area contributed by atoms with E-state index in [-0.39, 0.29) is 16.8 Å². The summed E-state index contributed by atoms with van der Waals surface area (Å²) in [6.07, 6.45) is 0. The lowest BCUT2D eigenvalue weighted by Gasteiger charge is -2.20. The Morgan fingerprint density at radius 2 is 1.52 bits per heavy atom. The Morgan fingerprint density at radius 3 is 2.06 bits per heavy atom. The molecule has 3 aromatic rings. The van der Waals surface area contributed by atoms with Crippen LogP contribution in [0.15, 0.2) is 77.7 Å². The number of ether oxygens (including phenoxy) is 2. The van der Waals surface area contributed by atoms with E-state index in [1.54, 1.807) is 36.4 Å². The maximum atomic E-state index is 12.9. The van der Waals surface area contributed by atoms with Crippen molar-refractivity contribution in [2.45, 2.75) is 24.8 Å². The van der Waals surface area contributed by atoms with Gasteiger partial charge in [0.1, 0.15) is 11.5 Å². The summed E-state index contributed by atoms with van der Waals surface area (Å²) in [5.74, 6) is 1.11. The van der Waals surface area contributed by atoms with Crippen molar-refractivity contribution in [1.29, 1.82) is 0 Å². The van der Waals surface area contributed by atoms with Crippen LogP contribution in [-0.4, -0.2) is 35.1 Å². The van der Waals surface area contributed by atoms with Crippen LogP contribution in [0.2, 0.25) is 0 Å². The van der Waals surface area contributed by atoms with Crippen LogP contribution >= 0.6 is 0 Å². The molecule has 0 fully saturated rings. The fourth-order valence-corrected chi connectivity index (χ4v) is 4.45. The highest BCUT2D eigenvalue weighted by Gasteiger charge is 2.22. The number of carbonyl (C=O) groups excluding carboxylic acids is 1. The molecule has 0 saturated heterocycles. The molecule has 0 aliphatic rings. The molecule has 0 heterocycles. The van der Waals surface area contributed by atoms with Gasteiger partial charge in [0.25, 0.3) is 15.9 Å². The van der Waals surface area contributed by atoms with Crippen molar-refractivity contribution < 1.29 is 22.7 Å². The van der Waals surface area contributed by atoms with Crippen molar-refractivity contribution in [3.8, 4) is 11.5 Å². The molecule has 0 saturated carbocycles. The first kappa shape index (κ1) is 24.1. The summed E-state index contributed by atoms with van der Waals surface area (Å²) >= 11 is 0. The van der Waals surface area contributed by atoms with Crippen LogP contribution in [0.1, 0.15) is 35.8 Å². The summed E-state index contributed by atoms with van der Waals surface area (Å²) in [6, 6.07) is 20.0. The summed E-state index contributed by atoms with van der Waals surface area (Å²) < 4.78 is 37.5. The maximum Gasteiger partial charge on any atom is 0.264 e. The van der Waals surface area contributed by atoms with Crippen LogP contribution in [0, 0.1) is 0 Å². The molecule has 1 atom stereocenters. The summed E-state index contributed by atoms with van der Waals surface area (Å²) in [4.78, 5) is 12.8. The van der Waals surface area contributed by atoms with Crippen LogP contribution in [0.25, 0.3) is 0 Å². The van der Waals surface area contributed by atoms with E-state index in [9.17, 15) is 13.2 Å². The number of rotatable bonds is 9. The van der Waals surface area contributed by atoms with Crippen molar-refractivity contribution in [2.24, 2.45) is 0 Å². The molecule has 0 unspecified atom stereocenters. The number of hydrogen-bond acceptors (Lipinski definition) is 5. The number of hydrogen-bond donors (Lipinski definition) is 1. The molecule has 1 amide bonds. The van der Waals surface area contributed by atoms with Gasteiger partial charge in [0.05, 0.1) is 30.3 Å². The average molecular weight is 469 g/mol. The standard InChI is InChI=1S/C25H28N2O5S/c1-5-32-23-12-8-19(9-13-23)18(2)26-25(28)20-6-10-21(11-7-20)27(3)33(29,30)24-16-14-22(31-4)15-17-24/h6-18H,5H2,1-4H3,(H,26,28)/t18-/m0/s1. The molecule has 0 aromatic heterocycles. The van der Waals surface area contributed by atoms with E-state index in [2.05, 4.69) is 5.32 Å². The predicted octanol–water partition coefficient (Wildman–Crippen LogP) is 4.41. The van der Waals surface area contributed by atoms with Crippen LogP contribution in [0.3, 0.4) is 0 Å². The van der Waals surface area contributed by atoms with E-state index in [0.717, 1.165) is 11.3 Å². The quantitative estimate of drug-likeness (QED) is 0.503. The topological polar surface area (TPSA) is 84.9 Å². The summed E-state index contributed by atoms with van der Waals surface area (Å²) in [7, 11) is -0.751. The van der Waals surface area contributed by atoms with Crippen LogP contribution in [0.4, 0.5) is 5.69 Å². The number of methoxy groups -OCH3 is 1. The zero-order chi connectivity index (χ0) is 24.0. The van der Waals surface area contributed by atoms with E-state index in [4.69, 9.17) is 9.47 Å². The third-order valence-corrected chi connectivity index (χ3v) is 7.05. The molecule has 8 heteroatoms. The summed E-state index contributed by atoms with van der Waals surface area (Å²) in [6.45, 7) is 4.42. The van der Waals surface area contributed by atoms with Crippen molar-refractivity contribution in [3.63, 3.8) is 0 Å². The molecular formula is C25H28N2O5S. The molecule has 0 radical (unpaired) electrons. The number of nitrogens with zero attached hydrogens (tertiary/aromatic N) is 1. The van der Waals surface area contributed by atoms with Gasteiger partial charge in [0.2, 0.25) is 0 Å². The maximum absolute atomic E-state index is 12.9. The van der Waals surface area contributed by atoms with Gasteiger partial charge in [-0.3, -0.25) is 9.10 Å². The van der Waals surface area contributed by atoms with Gasteiger partial charge >= 0.3 is 0 Å². The molecule has 3 rings (SSSR count). The summed E-state index contributed by atoms with van der Waals surface area (Å²) in [5, 5.41) is 2.96. The third kappa shape index (κ3) is 5.64. The number of amides is 1. The normalized spacial score (nSPS) is 12.0. The molecule has 0 bridgehead atoms. The molecule has 1 N–H and O–H groups in total. The second-order valence-corrected chi connectivity index (χ2v) is 9.36. The first-order valence-corrected chi connectivity index (χ1v) is 12.0. The second-order valence-electron chi connectivity index (χ2n) is 7.39. The molecule has 0 aliphatic carbocycles. The Bertz CT molecular complexity index is 1170. The fraction of sp³-hybridized carbons (Fsp3) is 0.240. The molecule has 174 valence electrons. The Balaban J connectivity index is 1.68. The number of carbonyl (C=O) groups is 1. The minimum Gasteiger partial charge on any atom is -0.497 e. The van der Waals surface area contributed by atoms with E-state index in [1.165, 1.54) is 30.6 Å². The van der Waals surface area contributed by atoms with Gasteiger partial charge in [-0.05, 0) is 80.1 Å². The van der Waals surface area contributed by atoms with E-state index >= 15 is 0 Å². The monoisotopic (exact) mass is 468 g/mol. The second kappa shape index (κ2) is 10.4. The molecule has 33 heavy (non-hydrogen) atoms. The smallest absolute Gasteiger partial charge is 0.264 e. The first-order valence-electron chi connectivity index (χ1n) is 10.5. The van der Waals surface area contributed by atoms with Gasteiger partial charge in [-0.25, -0.2) is 8.42 Å². The average Bonchev–Trinajstić information content (AvgIpc) is 2.84. The lowest BCUT2D eigenvalue weighted by molar-refractivity contribution is 0.0940. The summed E-state index contributed by atoms with van der Waals surface area (Å²) in [5.41, 5.74) is 1.84. The Kier molecular flexibility index (Phi) is 7.60. The zero-order valence-corrected chi connectivity index (χ0v) is 19.9. The Morgan fingerprint density at radius 1 is 0.939 bits per heavy atom. The predicted molar refractivity (Wildman–Crippen MR) is 129 cm³/mol. The first-order chi connectivity index (χ1) is 15.8. The highest BCUT2D eigenvalue weighted by atomic mass is 32.2. The number of anilines is 1. The highest BCUT2D eigenvalue weighted by Crippen LogP contribution is 2.24. The fourth-order valence-electron chi connectivity index (χ4n) is 3.25. The number of benzene rings is 3. The van der Waals surface area contributed by atoms with Crippen molar-refractivity contribution in [1.82, 2.24) is 5.32 Å². The minimum atomic E-state index is -3.75. The van der Waals surface area contributed by atoms with Crippen molar-refractivity contribution in [3.05, 3.63) is 83.9 Å². The number of nitrogens with one attached hydrogen (secondary N) is 1. The molecule has 7 nitrogen and oxygen atoms in total. The van der Waals surface area contributed by atoms with Crippen LogP contribution in [0.5, 0.6) is 11.5 Å². The van der Waals surface area contributed by atoms with Crippen LogP contribution < -0.4 is 19.1 Å². The molecule has 3 aromatic carbocycles. The zero-order valence-electron chi connectivity index (χ0n) is 19.1. The highest BCUT2D eigenvalue weighted by molar-refractivity contribution is 7.92. The molecule has 0 spiro atoms. The molecule has 0 aliphatic heterocycles. The van der Waals surface area contributed by atoms with Gasteiger partial charge in [0.15, 0.2) is 0 Å². The van der Waals surface area contributed by atoms with Gasteiger partial charge < -0.3 is 14.8 Å². The SMILES string of the molecule is CCOc1ccc([C@H](C)NC(=O)c2ccc(N(C)S(=O)(=O)c3ccc(OC)cc3)cc2)cc1. The molecular weight excluding hydrogens is 440 g/mol. The Hall–Kier alpha value is -3.52. The van der Waals surface area contributed by atoms with Gasteiger partial charge in [-0.1, -0.05) is 12.1 Å². The van der Waals surface area contributed by atoms with E-state index in [0.29, 0.717) is 23.6 Å². The van der Waals surface area contributed by atoms with Gasteiger partial charge in [-0.2, -0.15) is 0 Å². The Labute approximate surface area is 195 Å².